The van der Waals surface area contributed by atoms with E-state index < -0.39 is 0 Å². The van der Waals surface area contributed by atoms with Crippen LogP contribution in [0.15, 0.2) is 73.6 Å². The van der Waals surface area contributed by atoms with Gasteiger partial charge in [-0.25, -0.2) is 9.97 Å². The molecule has 0 radical (unpaired) electrons. The molecule has 0 aliphatic heterocycles. The molecule has 0 aliphatic carbocycles. The Bertz CT molecular complexity index is 1100. The number of aryl methyl sites for hydroxylation is 3. The van der Waals surface area contributed by atoms with E-state index in [0.717, 1.165) is 36.5 Å². The summed E-state index contributed by atoms with van der Waals surface area (Å²) in [6, 6.07) is 16.7. The van der Waals surface area contributed by atoms with Crippen LogP contribution in [0, 0.1) is 18.3 Å². The molecule has 0 unspecified atom stereocenters. The van der Waals surface area contributed by atoms with Gasteiger partial charge in [0.25, 0.3) is 0 Å². The Morgan fingerprint density at radius 3 is 2.57 bits per heavy atom. The highest BCUT2D eigenvalue weighted by atomic mass is 15.0. The molecule has 0 saturated heterocycles. The van der Waals surface area contributed by atoms with Crippen LogP contribution >= 0.6 is 0 Å². The summed E-state index contributed by atoms with van der Waals surface area (Å²) in [5, 5.41) is 9.31. The van der Waals surface area contributed by atoms with Gasteiger partial charge in [0, 0.05) is 37.0 Å². The SMILES string of the molecule is Cc1nccn1CCCc1cc(C#N)ccc1-c1ccc(-n2ccnc2)cc1. The topological polar surface area (TPSA) is 59.4 Å². The maximum Gasteiger partial charge on any atom is 0.105 e. The summed E-state index contributed by atoms with van der Waals surface area (Å²) in [6.45, 7) is 2.94. The van der Waals surface area contributed by atoms with Crippen molar-refractivity contribution in [3.8, 4) is 22.9 Å². The quantitative estimate of drug-likeness (QED) is 0.502. The molecule has 0 bridgehead atoms. The predicted octanol–water partition coefficient (Wildman–Crippen LogP) is 4.55. The van der Waals surface area contributed by atoms with Crippen LogP contribution in [0.2, 0.25) is 0 Å². The molecule has 4 rings (SSSR count). The average molecular weight is 367 g/mol. The van der Waals surface area contributed by atoms with Gasteiger partial charge >= 0.3 is 0 Å². The van der Waals surface area contributed by atoms with E-state index in [1.54, 1.807) is 12.5 Å². The standard InChI is InChI=1S/C23H21N5/c1-18-26-11-14-27(18)12-2-3-21-15-19(16-24)4-9-23(21)20-5-7-22(8-6-20)28-13-10-25-17-28/h4-11,13-15,17H,2-3,12H2,1H3. The zero-order valence-electron chi connectivity index (χ0n) is 15.8. The Balaban J connectivity index is 1.57. The number of nitriles is 1. The van der Waals surface area contributed by atoms with E-state index in [2.05, 4.69) is 50.9 Å². The van der Waals surface area contributed by atoms with Crippen LogP contribution in [0.3, 0.4) is 0 Å². The Hall–Kier alpha value is -3.65. The zero-order valence-corrected chi connectivity index (χ0v) is 15.8. The van der Waals surface area contributed by atoms with E-state index in [0.29, 0.717) is 5.56 Å². The van der Waals surface area contributed by atoms with Crippen LogP contribution in [0.5, 0.6) is 0 Å². The summed E-state index contributed by atoms with van der Waals surface area (Å²) in [6.07, 6.45) is 11.2. The first-order valence-corrected chi connectivity index (χ1v) is 9.34. The van der Waals surface area contributed by atoms with E-state index in [9.17, 15) is 5.26 Å². The van der Waals surface area contributed by atoms with Crippen molar-refractivity contribution in [2.24, 2.45) is 0 Å². The number of nitrogens with zero attached hydrogens (tertiary/aromatic N) is 5. The van der Waals surface area contributed by atoms with Crippen LogP contribution in [0.25, 0.3) is 16.8 Å². The third-order valence-corrected chi connectivity index (χ3v) is 4.98. The fourth-order valence-electron chi connectivity index (χ4n) is 3.46. The lowest BCUT2D eigenvalue weighted by Crippen LogP contribution is -2.01. The molecule has 0 atom stereocenters. The number of rotatable bonds is 6. The highest BCUT2D eigenvalue weighted by Crippen LogP contribution is 2.27. The molecule has 5 nitrogen and oxygen atoms in total. The molecule has 0 fully saturated rings. The van der Waals surface area contributed by atoms with Crippen molar-refractivity contribution in [3.63, 3.8) is 0 Å². The first-order valence-electron chi connectivity index (χ1n) is 9.34. The summed E-state index contributed by atoms with van der Waals surface area (Å²) < 4.78 is 4.14. The van der Waals surface area contributed by atoms with Gasteiger partial charge in [-0.3, -0.25) is 0 Å². The van der Waals surface area contributed by atoms with Crippen molar-refractivity contribution in [3.05, 3.63) is 90.5 Å². The van der Waals surface area contributed by atoms with Crippen molar-refractivity contribution in [2.75, 3.05) is 0 Å². The Kier molecular flexibility index (Phi) is 5.03. The smallest absolute Gasteiger partial charge is 0.105 e. The Morgan fingerprint density at radius 1 is 1.04 bits per heavy atom. The maximum absolute atomic E-state index is 9.31. The van der Waals surface area contributed by atoms with Gasteiger partial charge < -0.3 is 9.13 Å². The van der Waals surface area contributed by atoms with Gasteiger partial charge in [-0.1, -0.05) is 18.2 Å². The minimum Gasteiger partial charge on any atom is -0.335 e. The summed E-state index contributed by atoms with van der Waals surface area (Å²) in [7, 11) is 0. The summed E-state index contributed by atoms with van der Waals surface area (Å²) in [4.78, 5) is 8.38. The molecule has 2 aromatic carbocycles. The number of hydrogen-bond donors (Lipinski definition) is 0. The Labute approximate surface area is 164 Å². The number of imidazole rings is 2. The molecule has 0 saturated carbocycles. The van der Waals surface area contributed by atoms with Crippen molar-refractivity contribution in [2.45, 2.75) is 26.3 Å². The fraction of sp³-hybridized carbons (Fsp3) is 0.174. The van der Waals surface area contributed by atoms with Crippen molar-refractivity contribution in [1.29, 1.82) is 5.26 Å². The molecule has 28 heavy (non-hydrogen) atoms. The minimum absolute atomic E-state index is 0.701. The highest BCUT2D eigenvalue weighted by molar-refractivity contribution is 5.69. The lowest BCUT2D eigenvalue weighted by molar-refractivity contribution is 0.626. The molecule has 5 heteroatoms. The van der Waals surface area contributed by atoms with Crippen LogP contribution in [0.1, 0.15) is 23.4 Å². The molecule has 138 valence electrons. The van der Waals surface area contributed by atoms with Gasteiger partial charge in [-0.15, -0.1) is 0 Å². The van der Waals surface area contributed by atoms with Gasteiger partial charge in [0.15, 0.2) is 0 Å². The first kappa shape index (κ1) is 17.7. The zero-order chi connectivity index (χ0) is 19.3. The third-order valence-electron chi connectivity index (χ3n) is 4.98. The molecule has 2 heterocycles. The molecule has 0 spiro atoms. The second kappa shape index (κ2) is 7.93. The largest absolute Gasteiger partial charge is 0.335 e. The summed E-state index contributed by atoms with van der Waals surface area (Å²) in [5.41, 5.74) is 5.31. The highest BCUT2D eigenvalue weighted by Gasteiger charge is 2.08. The number of aromatic nitrogens is 4. The molecular weight excluding hydrogens is 346 g/mol. The molecule has 0 N–H and O–H groups in total. The van der Waals surface area contributed by atoms with E-state index in [1.807, 2.05) is 42.2 Å². The monoisotopic (exact) mass is 367 g/mol. The molecule has 2 aromatic heterocycles. The van der Waals surface area contributed by atoms with Crippen LogP contribution in [-0.4, -0.2) is 19.1 Å². The summed E-state index contributed by atoms with van der Waals surface area (Å²) in [5.74, 6) is 1.03. The molecule has 0 amide bonds. The predicted molar refractivity (Wildman–Crippen MR) is 109 cm³/mol. The Morgan fingerprint density at radius 2 is 1.89 bits per heavy atom. The lowest BCUT2D eigenvalue weighted by Gasteiger charge is -2.12. The van der Waals surface area contributed by atoms with E-state index >= 15 is 0 Å². The van der Waals surface area contributed by atoms with Gasteiger partial charge in [0.2, 0.25) is 0 Å². The lowest BCUT2D eigenvalue weighted by atomic mass is 9.94. The van der Waals surface area contributed by atoms with Gasteiger partial charge in [-0.05, 0) is 60.7 Å². The van der Waals surface area contributed by atoms with Gasteiger partial charge in [0.05, 0.1) is 18.0 Å². The molecular formula is C23H21N5. The van der Waals surface area contributed by atoms with E-state index in [1.165, 1.54) is 11.1 Å². The van der Waals surface area contributed by atoms with Crippen molar-refractivity contribution >= 4 is 0 Å². The fourth-order valence-corrected chi connectivity index (χ4v) is 3.46. The van der Waals surface area contributed by atoms with Crippen LogP contribution < -0.4 is 0 Å². The van der Waals surface area contributed by atoms with Gasteiger partial charge in [0.1, 0.15) is 5.82 Å². The number of benzene rings is 2. The second-order valence-electron chi connectivity index (χ2n) is 6.77. The summed E-state index contributed by atoms with van der Waals surface area (Å²) >= 11 is 0. The van der Waals surface area contributed by atoms with Crippen molar-refractivity contribution < 1.29 is 0 Å². The maximum atomic E-state index is 9.31. The van der Waals surface area contributed by atoms with Gasteiger partial charge in [-0.2, -0.15) is 5.26 Å². The number of hydrogen-bond acceptors (Lipinski definition) is 3. The average Bonchev–Trinajstić information content (AvgIpc) is 3.40. The van der Waals surface area contributed by atoms with E-state index in [4.69, 9.17) is 0 Å². The normalized spacial score (nSPS) is 10.7. The van der Waals surface area contributed by atoms with Crippen LogP contribution in [0.4, 0.5) is 0 Å². The second-order valence-corrected chi connectivity index (χ2v) is 6.77. The minimum atomic E-state index is 0.701. The molecule has 4 aromatic rings. The first-order chi connectivity index (χ1) is 13.7. The van der Waals surface area contributed by atoms with E-state index in [-0.39, 0.29) is 0 Å². The van der Waals surface area contributed by atoms with Crippen LogP contribution in [-0.2, 0) is 13.0 Å². The molecule has 0 aliphatic rings. The third kappa shape index (κ3) is 3.72. The van der Waals surface area contributed by atoms with Crippen molar-refractivity contribution in [1.82, 2.24) is 19.1 Å².